The van der Waals surface area contributed by atoms with Crippen molar-refractivity contribution in [2.75, 3.05) is 25.0 Å². The lowest BCUT2D eigenvalue weighted by Crippen LogP contribution is -2.47. The smallest absolute Gasteiger partial charge is 0.206 e. The number of aliphatic imine (C=N–C) groups is 2. The third-order valence-corrected chi connectivity index (χ3v) is 7.88. The molecule has 7 heteroatoms. The van der Waals surface area contributed by atoms with E-state index in [1.54, 1.807) is 13.2 Å². The highest BCUT2D eigenvalue weighted by Gasteiger charge is 2.47. The molecule has 0 atom stereocenters. The number of fused-ring (bicyclic) bond motifs is 3. The molecule has 34 heavy (non-hydrogen) atoms. The van der Waals surface area contributed by atoms with Gasteiger partial charge in [-0.25, -0.2) is 4.99 Å². The van der Waals surface area contributed by atoms with Crippen LogP contribution in [0.2, 0.25) is 0 Å². The quantitative estimate of drug-likeness (QED) is 0.405. The monoisotopic (exact) mass is 476 g/mol. The number of guanidine groups is 1. The van der Waals surface area contributed by atoms with Crippen molar-refractivity contribution >= 4 is 41.9 Å². The SMILES string of the molecule is C=C1c2cc(C3(NS)CC3)cc(C3=CCCCC3)c2N2CC(C)(C)N=C2N1C/C(C=NC)=C/N. The first-order valence-electron chi connectivity index (χ1n) is 12.3. The molecule has 2 aliphatic carbocycles. The topological polar surface area (TPSA) is 69.2 Å². The van der Waals surface area contributed by atoms with Crippen molar-refractivity contribution in [2.24, 2.45) is 15.7 Å². The van der Waals surface area contributed by atoms with Gasteiger partial charge in [-0.3, -0.25) is 9.71 Å². The average Bonchev–Trinajstić information content (AvgIpc) is 3.57. The van der Waals surface area contributed by atoms with Crippen LogP contribution in [0.3, 0.4) is 0 Å². The number of nitrogens with one attached hydrogen (secondary N) is 1. The summed E-state index contributed by atoms with van der Waals surface area (Å²) in [5.74, 6) is 0.949. The molecule has 2 heterocycles. The fraction of sp³-hybridized carbons (Fsp3) is 0.481. The van der Waals surface area contributed by atoms with Crippen molar-refractivity contribution < 1.29 is 0 Å². The summed E-state index contributed by atoms with van der Waals surface area (Å²) in [4.78, 5) is 14.0. The number of anilines is 1. The van der Waals surface area contributed by atoms with Gasteiger partial charge in [-0.05, 0) is 75.6 Å². The molecule has 3 N–H and O–H groups in total. The van der Waals surface area contributed by atoms with Crippen LogP contribution >= 0.6 is 12.8 Å². The first kappa shape index (κ1) is 23.2. The van der Waals surface area contributed by atoms with Gasteiger partial charge in [0.05, 0.1) is 29.9 Å². The Morgan fingerprint density at radius 1 is 1.29 bits per heavy atom. The van der Waals surface area contributed by atoms with E-state index in [1.165, 1.54) is 40.8 Å². The maximum absolute atomic E-state index is 5.95. The number of hydrogen-bond acceptors (Lipinski definition) is 7. The first-order chi connectivity index (χ1) is 16.3. The first-order valence-corrected chi connectivity index (χ1v) is 12.7. The molecule has 0 radical (unpaired) electrons. The molecule has 0 unspecified atom stereocenters. The van der Waals surface area contributed by atoms with Crippen molar-refractivity contribution in [3.63, 3.8) is 0 Å². The van der Waals surface area contributed by atoms with E-state index >= 15 is 0 Å². The van der Waals surface area contributed by atoms with E-state index in [1.807, 2.05) is 6.21 Å². The molecule has 1 aromatic rings. The number of thiol groups is 1. The Hall–Kier alpha value is -2.51. The van der Waals surface area contributed by atoms with Crippen molar-refractivity contribution in [3.8, 4) is 0 Å². The molecule has 0 amide bonds. The van der Waals surface area contributed by atoms with Gasteiger partial charge in [0.25, 0.3) is 0 Å². The van der Waals surface area contributed by atoms with E-state index in [4.69, 9.17) is 10.7 Å². The standard InChI is InChI=1S/C27H36N6S/c1-18-22-12-21(27(31-34)10-11-27)13-23(20-8-6-5-7-9-20)24(22)33-17-26(2,3)30-25(33)32(18)16-19(14-28)15-29-4/h8,12-15,31,34H,1,5-7,9-11,16-17,28H2,2-4H3/b19-14+,29-15?. The van der Waals surface area contributed by atoms with Gasteiger partial charge in [-0.15, -0.1) is 0 Å². The Morgan fingerprint density at radius 2 is 2.06 bits per heavy atom. The van der Waals surface area contributed by atoms with Crippen LogP contribution in [-0.4, -0.2) is 42.8 Å². The minimum Gasteiger partial charge on any atom is -0.404 e. The lowest BCUT2D eigenvalue weighted by Gasteiger charge is -2.41. The Morgan fingerprint density at radius 3 is 2.68 bits per heavy atom. The minimum atomic E-state index is -0.192. The molecule has 1 aromatic carbocycles. The maximum Gasteiger partial charge on any atom is 0.206 e. The molecule has 6 nitrogen and oxygen atoms in total. The maximum atomic E-state index is 5.95. The molecule has 2 aliphatic heterocycles. The number of rotatable bonds is 6. The van der Waals surface area contributed by atoms with Crippen LogP contribution in [0, 0.1) is 0 Å². The van der Waals surface area contributed by atoms with Gasteiger partial charge in [-0.2, -0.15) is 0 Å². The molecule has 0 saturated heterocycles. The van der Waals surface area contributed by atoms with Crippen LogP contribution in [0.5, 0.6) is 0 Å². The predicted molar refractivity (Wildman–Crippen MR) is 147 cm³/mol. The lowest BCUT2D eigenvalue weighted by atomic mass is 9.86. The van der Waals surface area contributed by atoms with Crippen molar-refractivity contribution in [3.05, 3.63) is 53.3 Å². The Labute approximate surface area is 208 Å². The second-order valence-corrected chi connectivity index (χ2v) is 10.8. The molecule has 5 rings (SSSR count). The van der Waals surface area contributed by atoms with Crippen LogP contribution in [0.25, 0.3) is 11.3 Å². The van der Waals surface area contributed by atoms with E-state index in [9.17, 15) is 0 Å². The highest BCUT2D eigenvalue weighted by Crippen LogP contribution is 2.51. The molecular weight excluding hydrogens is 440 g/mol. The Balaban J connectivity index is 1.71. The summed E-state index contributed by atoms with van der Waals surface area (Å²) < 4.78 is 3.30. The van der Waals surface area contributed by atoms with Crippen molar-refractivity contribution in [1.82, 2.24) is 9.62 Å². The van der Waals surface area contributed by atoms with E-state index in [0.717, 1.165) is 49.5 Å². The largest absolute Gasteiger partial charge is 0.404 e. The predicted octanol–water partition coefficient (Wildman–Crippen LogP) is 4.85. The molecule has 180 valence electrons. The van der Waals surface area contributed by atoms with Gasteiger partial charge in [0, 0.05) is 41.9 Å². The van der Waals surface area contributed by atoms with Crippen molar-refractivity contribution in [1.29, 1.82) is 0 Å². The number of nitrogens with zero attached hydrogens (tertiary/aromatic N) is 4. The zero-order valence-electron chi connectivity index (χ0n) is 20.6. The molecule has 1 saturated carbocycles. The van der Waals surface area contributed by atoms with Crippen molar-refractivity contribution in [2.45, 2.75) is 63.5 Å². The molecule has 4 aliphatic rings. The van der Waals surface area contributed by atoms with E-state index in [0.29, 0.717) is 6.54 Å². The lowest BCUT2D eigenvalue weighted by molar-refractivity contribution is 0.564. The number of nitrogens with two attached hydrogens (primary N) is 1. The third kappa shape index (κ3) is 3.89. The second kappa shape index (κ2) is 8.61. The van der Waals surface area contributed by atoms with Gasteiger partial charge >= 0.3 is 0 Å². The van der Waals surface area contributed by atoms with Crippen LogP contribution in [0.1, 0.15) is 69.1 Å². The third-order valence-electron chi connectivity index (χ3n) is 7.45. The minimum absolute atomic E-state index is 0.0525. The summed E-state index contributed by atoms with van der Waals surface area (Å²) in [6.07, 6.45) is 12.8. The molecule has 0 aromatic heterocycles. The summed E-state index contributed by atoms with van der Waals surface area (Å²) in [7, 11) is 1.77. The fourth-order valence-corrected chi connectivity index (χ4v) is 5.82. The Bertz CT molecular complexity index is 1140. The number of hydrogen-bond donors (Lipinski definition) is 3. The summed E-state index contributed by atoms with van der Waals surface area (Å²) in [5, 5.41) is 0. The zero-order chi connectivity index (χ0) is 24.1. The highest BCUT2D eigenvalue weighted by atomic mass is 32.1. The summed E-state index contributed by atoms with van der Waals surface area (Å²) >= 11 is 4.50. The molecule has 0 bridgehead atoms. The van der Waals surface area contributed by atoms with Crippen LogP contribution in [0.15, 0.2) is 46.5 Å². The molecular formula is C27H36N6S. The Kier molecular flexibility index (Phi) is 5.89. The van der Waals surface area contributed by atoms with Gasteiger partial charge < -0.3 is 15.5 Å². The van der Waals surface area contributed by atoms with Crippen LogP contribution < -0.4 is 15.4 Å². The average molecular weight is 477 g/mol. The summed E-state index contributed by atoms with van der Waals surface area (Å²) in [6.45, 7) is 10.4. The fourth-order valence-electron chi connectivity index (χ4n) is 5.47. The number of benzene rings is 1. The molecule has 0 spiro atoms. The van der Waals surface area contributed by atoms with E-state index < -0.39 is 0 Å². The molecule has 1 fully saturated rings. The summed E-state index contributed by atoms with van der Waals surface area (Å²) in [6, 6.07) is 4.74. The van der Waals surface area contributed by atoms with Crippen LogP contribution in [0.4, 0.5) is 5.69 Å². The van der Waals surface area contributed by atoms with Gasteiger partial charge in [-0.1, -0.05) is 25.5 Å². The van der Waals surface area contributed by atoms with E-state index in [-0.39, 0.29) is 11.1 Å². The van der Waals surface area contributed by atoms with E-state index in [2.05, 4.69) is 71.0 Å². The summed E-state index contributed by atoms with van der Waals surface area (Å²) in [5.41, 5.74) is 14.1. The normalized spacial score (nSPS) is 23.1. The number of allylic oxidation sites excluding steroid dienone is 2. The zero-order valence-corrected chi connectivity index (χ0v) is 21.5. The van der Waals surface area contributed by atoms with Gasteiger partial charge in [0.1, 0.15) is 0 Å². The van der Waals surface area contributed by atoms with Crippen LogP contribution in [-0.2, 0) is 5.54 Å². The second-order valence-electron chi connectivity index (χ2n) is 10.6. The van der Waals surface area contributed by atoms with Gasteiger partial charge in [0.15, 0.2) is 0 Å². The highest BCUT2D eigenvalue weighted by molar-refractivity contribution is 7.78. The van der Waals surface area contributed by atoms with Gasteiger partial charge in [0.2, 0.25) is 5.96 Å².